The van der Waals surface area contributed by atoms with Crippen molar-refractivity contribution < 1.29 is 8.42 Å². The summed E-state index contributed by atoms with van der Waals surface area (Å²) in [5.41, 5.74) is 1.03. The zero-order valence-corrected chi connectivity index (χ0v) is 11.2. The van der Waals surface area contributed by atoms with Crippen LogP contribution in [-0.2, 0) is 10.0 Å². The first-order valence-electron chi connectivity index (χ1n) is 5.20. The number of nitrogens with one attached hydrogen (secondary N) is 1. The van der Waals surface area contributed by atoms with Gasteiger partial charge in [0.1, 0.15) is 0 Å². The lowest BCUT2D eigenvalue weighted by molar-refractivity contribution is 0.601. The van der Waals surface area contributed by atoms with E-state index in [1.54, 1.807) is 31.2 Å². The van der Waals surface area contributed by atoms with Gasteiger partial charge in [0.15, 0.2) is 5.15 Å². The fourth-order valence-corrected chi connectivity index (χ4v) is 2.91. The summed E-state index contributed by atoms with van der Waals surface area (Å²) < 4.78 is 26.7. The van der Waals surface area contributed by atoms with E-state index in [4.69, 9.17) is 11.6 Å². The molecule has 0 bridgehead atoms. The Morgan fingerprint density at radius 1 is 1.17 bits per heavy atom. The van der Waals surface area contributed by atoms with Gasteiger partial charge >= 0.3 is 0 Å². The minimum Gasteiger partial charge on any atom is -0.276 e. The van der Waals surface area contributed by atoms with Crippen molar-refractivity contribution in [1.82, 2.24) is 4.98 Å². The van der Waals surface area contributed by atoms with Gasteiger partial charge in [-0.05, 0) is 30.7 Å². The van der Waals surface area contributed by atoms with Crippen LogP contribution in [0.1, 0.15) is 5.56 Å². The molecule has 1 heterocycles. The first-order chi connectivity index (χ1) is 8.50. The Morgan fingerprint density at radius 3 is 2.44 bits per heavy atom. The molecule has 6 heteroatoms. The fourth-order valence-electron chi connectivity index (χ4n) is 1.44. The van der Waals surface area contributed by atoms with Crippen LogP contribution in [0.15, 0.2) is 47.5 Å². The van der Waals surface area contributed by atoms with Crippen LogP contribution in [0.25, 0.3) is 0 Å². The second kappa shape index (κ2) is 4.96. The molecule has 0 fully saturated rings. The lowest BCUT2D eigenvalue weighted by atomic mass is 10.3. The molecule has 0 atom stereocenters. The molecule has 0 radical (unpaired) electrons. The quantitative estimate of drug-likeness (QED) is 0.881. The normalized spacial score (nSPS) is 11.2. The third-order valence-corrected chi connectivity index (χ3v) is 4.06. The van der Waals surface area contributed by atoms with Crippen molar-refractivity contribution in [2.75, 3.05) is 4.72 Å². The van der Waals surface area contributed by atoms with E-state index in [9.17, 15) is 8.42 Å². The number of aryl methyl sites for hydroxylation is 1. The van der Waals surface area contributed by atoms with Crippen molar-refractivity contribution in [3.63, 3.8) is 0 Å². The molecule has 2 rings (SSSR count). The molecule has 0 aliphatic carbocycles. The number of rotatable bonds is 3. The lowest BCUT2D eigenvalue weighted by Gasteiger charge is -2.11. The monoisotopic (exact) mass is 282 g/mol. The summed E-state index contributed by atoms with van der Waals surface area (Å²) in [7, 11) is -3.63. The Kier molecular flexibility index (Phi) is 3.54. The van der Waals surface area contributed by atoms with Gasteiger partial charge in [0.25, 0.3) is 10.0 Å². The molecule has 4 nitrogen and oxygen atoms in total. The van der Waals surface area contributed by atoms with E-state index >= 15 is 0 Å². The molecule has 18 heavy (non-hydrogen) atoms. The highest BCUT2D eigenvalue weighted by molar-refractivity contribution is 7.92. The van der Waals surface area contributed by atoms with Gasteiger partial charge < -0.3 is 0 Å². The van der Waals surface area contributed by atoms with Crippen molar-refractivity contribution >= 4 is 27.3 Å². The predicted octanol–water partition coefficient (Wildman–Crippen LogP) is 2.84. The van der Waals surface area contributed by atoms with Crippen LogP contribution in [0, 0.1) is 6.92 Å². The smallest absolute Gasteiger partial charge is 0.261 e. The predicted molar refractivity (Wildman–Crippen MR) is 71.2 cm³/mol. The van der Waals surface area contributed by atoms with Crippen molar-refractivity contribution in [3.8, 4) is 0 Å². The van der Waals surface area contributed by atoms with Crippen molar-refractivity contribution in [2.45, 2.75) is 11.8 Å². The summed E-state index contributed by atoms with van der Waals surface area (Å²) in [6, 6.07) is 9.79. The van der Waals surface area contributed by atoms with E-state index in [0.717, 1.165) is 5.56 Å². The maximum absolute atomic E-state index is 12.1. The number of sulfonamides is 1. The average Bonchev–Trinajstić information content (AvgIpc) is 2.35. The zero-order chi connectivity index (χ0) is 13.2. The van der Waals surface area contributed by atoms with Crippen molar-refractivity contribution in [1.29, 1.82) is 0 Å². The van der Waals surface area contributed by atoms with Gasteiger partial charge in [-0.15, -0.1) is 0 Å². The molecule has 1 N–H and O–H groups in total. The summed E-state index contributed by atoms with van der Waals surface area (Å²) in [5, 5.41) is 0.134. The summed E-state index contributed by atoms with van der Waals surface area (Å²) in [6.07, 6.45) is 1.53. The molecular formula is C12H11ClN2O2S. The van der Waals surface area contributed by atoms with Gasteiger partial charge in [0.2, 0.25) is 0 Å². The molecule has 2 aromatic rings. The molecule has 0 amide bonds. The Balaban J connectivity index is 2.41. The van der Waals surface area contributed by atoms with Crippen LogP contribution >= 0.6 is 11.6 Å². The number of pyridine rings is 1. The first-order valence-corrected chi connectivity index (χ1v) is 7.06. The van der Waals surface area contributed by atoms with Crippen molar-refractivity contribution in [2.24, 2.45) is 0 Å². The van der Waals surface area contributed by atoms with Gasteiger partial charge in [0, 0.05) is 6.20 Å². The summed E-state index contributed by atoms with van der Waals surface area (Å²) in [5.74, 6) is 0. The van der Waals surface area contributed by atoms with Crippen LogP contribution in [-0.4, -0.2) is 13.4 Å². The Bertz CT molecular complexity index is 637. The van der Waals surface area contributed by atoms with Crippen molar-refractivity contribution in [3.05, 3.63) is 53.3 Å². The van der Waals surface area contributed by atoms with E-state index in [2.05, 4.69) is 9.71 Å². The Labute approximate surface area is 111 Å². The van der Waals surface area contributed by atoms with E-state index in [1.807, 2.05) is 0 Å². The zero-order valence-electron chi connectivity index (χ0n) is 9.59. The SMILES string of the molecule is Cc1ccnc(Cl)c1NS(=O)(=O)c1ccccc1. The van der Waals surface area contributed by atoms with E-state index in [-0.39, 0.29) is 10.0 Å². The number of anilines is 1. The molecule has 94 valence electrons. The maximum atomic E-state index is 12.1. The third-order valence-electron chi connectivity index (χ3n) is 2.40. The van der Waals surface area contributed by atoms with Gasteiger partial charge in [0.05, 0.1) is 10.6 Å². The summed E-state index contributed by atoms with van der Waals surface area (Å²) in [6.45, 7) is 1.76. The van der Waals surface area contributed by atoms with Gasteiger partial charge in [-0.2, -0.15) is 0 Å². The van der Waals surface area contributed by atoms with Crippen LogP contribution in [0.3, 0.4) is 0 Å². The second-order valence-corrected chi connectivity index (χ2v) is 5.75. The molecule has 0 aliphatic heterocycles. The number of hydrogen-bond acceptors (Lipinski definition) is 3. The average molecular weight is 283 g/mol. The van der Waals surface area contributed by atoms with Crippen LogP contribution in [0.5, 0.6) is 0 Å². The molecule has 0 spiro atoms. The molecule has 0 unspecified atom stereocenters. The standard InChI is InChI=1S/C12H11ClN2O2S/c1-9-7-8-14-12(13)11(9)15-18(16,17)10-5-3-2-4-6-10/h2-8,15H,1H3. The first kappa shape index (κ1) is 12.9. The summed E-state index contributed by atoms with van der Waals surface area (Å²) >= 11 is 5.88. The number of halogens is 1. The number of aromatic nitrogens is 1. The molecule has 0 saturated carbocycles. The van der Waals surface area contributed by atoms with Crippen LogP contribution in [0.2, 0.25) is 5.15 Å². The highest BCUT2D eigenvalue weighted by atomic mass is 35.5. The fraction of sp³-hybridized carbons (Fsp3) is 0.0833. The van der Waals surface area contributed by atoms with Gasteiger partial charge in [-0.25, -0.2) is 13.4 Å². The van der Waals surface area contributed by atoms with Crippen LogP contribution in [0.4, 0.5) is 5.69 Å². The molecule has 1 aromatic carbocycles. The largest absolute Gasteiger partial charge is 0.276 e. The molecule has 0 saturated heterocycles. The molecule has 1 aromatic heterocycles. The van der Waals surface area contributed by atoms with E-state index in [1.165, 1.54) is 18.3 Å². The highest BCUT2D eigenvalue weighted by Crippen LogP contribution is 2.25. The van der Waals surface area contributed by atoms with E-state index < -0.39 is 10.0 Å². The number of benzene rings is 1. The maximum Gasteiger partial charge on any atom is 0.261 e. The number of hydrogen-bond donors (Lipinski definition) is 1. The topological polar surface area (TPSA) is 59.1 Å². The Morgan fingerprint density at radius 2 is 1.83 bits per heavy atom. The summed E-state index contributed by atoms with van der Waals surface area (Å²) in [4.78, 5) is 4.04. The van der Waals surface area contributed by atoms with Crippen LogP contribution < -0.4 is 4.72 Å². The van der Waals surface area contributed by atoms with Gasteiger partial charge in [-0.3, -0.25) is 4.72 Å². The third kappa shape index (κ3) is 2.63. The van der Waals surface area contributed by atoms with E-state index in [0.29, 0.717) is 5.69 Å². The number of nitrogens with zero attached hydrogens (tertiary/aromatic N) is 1. The minimum absolute atomic E-state index is 0.134. The Hall–Kier alpha value is -1.59. The second-order valence-electron chi connectivity index (χ2n) is 3.71. The van der Waals surface area contributed by atoms with Gasteiger partial charge in [-0.1, -0.05) is 29.8 Å². The lowest BCUT2D eigenvalue weighted by Crippen LogP contribution is -2.14. The highest BCUT2D eigenvalue weighted by Gasteiger charge is 2.16. The molecule has 0 aliphatic rings. The molecular weight excluding hydrogens is 272 g/mol. The minimum atomic E-state index is -3.63.